The zero-order valence-electron chi connectivity index (χ0n) is 30.9. The molecule has 3 aliphatic rings. The third-order valence-electron chi connectivity index (χ3n) is 8.97. The summed E-state index contributed by atoms with van der Waals surface area (Å²) in [6, 6.07) is 3.16. The Bertz CT molecular complexity index is 1710. The number of likely N-dealkylation sites (N-methyl/N-ethyl adjacent to an activating group) is 1. The Hall–Kier alpha value is -4.87. The first-order chi connectivity index (χ1) is 24.9. The van der Waals surface area contributed by atoms with Gasteiger partial charge in [-0.15, -0.1) is 0 Å². The Morgan fingerprint density at radius 3 is 2.47 bits per heavy atom. The van der Waals surface area contributed by atoms with Crippen molar-refractivity contribution >= 4 is 45.8 Å². The van der Waals surface area contributed by atoms with Crippen LogP contribution < -0.4 is 25.4 Å². The van der Waals surface area contributed by atoms with Gasteiger partial charge in [0.2, 0.25) is 11.8 Å². The highest BCUT2D eigenvalue weighted by molar-refractivity contribution is 7.90. The molecule has 0 bridgehead atoms. The number of nitrogens with one attached hydrogen (secondary N) is 4. The van der Waals surface area contributed by atoms with Gasteiger partial charge < -0.3 is 40.0 Å². The fraction of sp³-hybridized carbons (Fsp3) is 0.600. The molecule has 18 heteroatoms. The summed E-state index contributed by atoms with van der Waals surface area (Å²) < 4.78 is 45.7. The first-order valence-electron chi connectivity index (χ1n) is 17.5. The van der Waals surface area contributed by atoms with Gasteiger partial charge in [0.1, 0.15) is 40.0 Å². The highest BCUT2D eigenvalue weighted by Crippen LogP contribution is 2.46. The second-order valence-electron chi connectivity index (χ2n) is 14.5. The molecule has 4 N–H and O–H groups in total. The van der Waals surface area contributed by atoms with Crippen LogP contribution in [0, 0.1) is 5.92 Å². The monoisotopic (exact) mass is 762 g/mol. The number of amides is 6. The second-order valence-corrected chi connectivity index (χ2v) is 16.2. The van der Waals surface area contributed by atoms with Crippen molar-refractivity contribution in [1.82, 2.24) is 30.5 Å². The Kier molecular flexibility index (Phi) is 13.0. The van der Waals surface area contributed by atoms with Crippen LogP contribution >= 0.6 is 0 Å². The quantitative estimate of drug-likeness (QED) is 0.279. The van der Waals surface area contributed by atoms with Crippen molar-refractivity contribution in [3.63, 3.8) is 0 Å². The third-order valence-corrected chi connectivity index (χ3v) is 10.3. The summed E-state index contributed by atoms with van der Waals surface area (Å²) in [7, 11) is -0.222. The van der Waals surface area contributed by atoms with Crippen molar-refractivity contribution in [3.8, 4) is 5.75 Å². The van der Waals surface area contributed by atoms with Gasteiger partial charge >= 0.3 is 12.2 Å². The molecule has 0 radical (unpaired) electrons. The fourth-order valence-electron chi connectivity index (χ4n) is 6.14. The SMILES string of the molecule is CNC(=O)COc1ccccc1S(=O)(=O)NC(=O)[C@@]12C[C@H]1/C=C\CCCCC[C@H](NC(=O)OC(C)(C)C)C(=O)N1C[C@H](OC(=O)N(C)C)C[C@H]1C(=O)N2. The number of carbonyl (C=O) groups is 6. The van der Waals surface area contributed by atoms with Crippen molar-refractivity contribution in [1.29, 1.82) is 0 Å². The molecule has 4 rings (SSSR count). The maximum Gasteiger partial charge on any atom is 0.409 e. The van der Waals surface area contributed by atoms with E-state index in [1.54, 1.807) is 26.8 Å². The molecule has 1 aliphatic carbocycles. The van der Waals surface area contributed by atoms with Gasteiger partial charge in [0, 0.05) is 33.5 Å². The standard InChI is InChI=1S/C35H50N6O11S/c1-34(2,3)52-32(46)37-24-15-11-9-7-8-10-14-22-19-35(22,38-29(43)25-18-23(20-41(25)30(24)44)51-33(47)40(5)6)31(45)39-53(48,49)27-17-13-12-16-26(27)50-21-28(42)36-4/h10,12-14,16-17,22-25H,7-9,11,15,18-21H2,1-6H3,(H,36,42)(H,37,46)(H,38,43)(H,39,45)/b14-10-/t22-,23-,24+,25+,35-/m1/s1. The molecule has 5 atom stereocenters. The molecule has 0 aromatic heterocycles. The van der Waals surface area contributed by atoms with E-state index in [1.807, 2.05) is 6.08 Å². The van der Waals surface area contributed by atoms with E-state index in [4.69, 9.17) is 14.2 Å². The third kappa shape index (κ3) is 10.6. The number of sulfonamides is 1. The number of alkyl carbamates (subject to hydrolysis) is 1. The molecular formula is C35H50N6O11S. The molecule has 2 heterocycles. The van der Waals surface area contributed by atoms with Crippen LogP contribution in [-0.2, 0) is 38.7 Å². The van der Waals surface area contributed by atoms with Crippen molar-refractivity contribution in [2.75, 3.05) is 34.3 Å². The van der Waals surface area contributed by atoms with Gasteiger partial charge in [0.15, 0.2) is 6.61 Å². The zero-order chi connectivity index (χ0) is 39.1. The number of benzene rings is 1. The molecule has 1 aromatic carbocycles. The number of carbonyl (C=O) groups excluding carboxylic acids is 6. The van der Waals surface area contributed by atoms with Crippen LogP contribution in [0.15, 0.2) is 41.3 Å². The molecule has 2 fully saturated rings. The predicted molar refractivity (Wildman–Crippen MR) is 190 cm³/mol. The summed E-state index contributed by atoms with van der Waals surface area (Å²) in [6.07, 6.45) is 3.99. The summed E-state index contributed by atoms with van der Waals surface area (Å²) in [6.45, 7) is 4.41. The maximum atomic E-state index is 14.2. The van der Waals surface area contributed by atoms with Gasteiger partial charge in [-0.1, -0.05) is 37.1 Å². The lowest BCUT2D eigenvalue weighted by molar-refractivity contribution is -0.141. The molecule has 1 saturated carbocycles. The highest BCUT2D eigenvalue weighted by atomic mass is 32.2. The molecule has 6 amide bonds. The van der Waals surface area contributed by atoms with E-state index in [9.17, 15) is 37.2 Å². The van der Waals surface area contributed by atoms with Crippen molar-refractivity contribution in [2.45, 2.75) is 99.9 Å². The predicted octanol–water partition coefficient (Wildman–Crippen LogP) is 1.57. The largest absolute Gasteiger partial charge is 0.482 e. The van der Waals surface area contributed by atoms with Gasteiger partial charge in [-0.05, 0) is 58.6 Å². The first kappa shape index (κ1) is 40.9. The normalized spacial score (nSPS) is 25.5. The fourth-order valence-corrected chi connectivity index (χ4v) is 7.32. The molecule has 0 spiro atoms. The molecule has 1 saturated heterocycles. The molecular weight excluding hydrogens is 712 g/mol. The van der Waals surface area contributed by atoms with Crippen molar-refractivity contribution in [2.24, 2.45) is 5.92 Å². The lowest BCUT2D eigenvalue weighted by Gasteiger charge is -2.30. The number of hydrogen-bond donors (Lipinski definition) is 4. The van der Waals surface area contributed by atoms with E-state index in [-0.39, 0.29) is 31.6 Å². The summed E-state index contributed by atoms with van der Waals surface area (Å²) in [5.41, 5.74) is -2.55. The van der Waals surface area contributed by atoms with Crippen LogP contribution in [0.3, 0.4) is 0 Å². The highest BCUT2D eigenvalue weighted by Gasteiger charge is 2.62. The van der Waals surface area contributed by atoms with Gasteiger partial charge in [-0.25, -0.2) is 22.7 Å². The average Bonchev–Trinajstić information content (AvgIpc) is 3.61. The Morgan fingerprint density at radius 2 is 1.79 bits per heavy atom. The molecule has 53 heavy (non-hydrogen) atoms. The maximum absolute atomic E-state index is 14.2. The number of fused-ring (bicyclic) bond motifs is 2. The number of rotatable bonds is 8. The van der Waals surface area contributed by atoms with E-state index in [0.29, 0.717) is 19.3 Å². The topological polar surface area (TPSA) is 219 Å². The van der Waals surface area contributed by atoms with Crippen molar-refractivity contribution < 1.29 is 51.4 Å². The lowest BCUT2D eigenvalue weighted by Crippen LogP contribution is -2.58. The summed E-state index contributed by atoms with van der Waals surface area (Å²) >= 11 is 0. The average molecular weight is 763 g/mol. The van der Waals surface area contributed by atoms with Crippen LogP contribution in [0.5, 0.6) is 5.75 Å². The van der Waals surface area contributed by atoms with Gasteiger partial charge in [0.05, 0.1) is 6.54 Å². The molecule has 292 valence electrons. The number of nitrogens with zero attached hydrogens (tertiary/aromatic N) is 2. The lowest BCUT2D eigenvalue weighted by atomic mass is 10.0. The van der Waals surface area contributed by atoms with Crippen LogP contribution in [0.1, 0.15) is 65.7 Å². The van der Waals surface area contributed by atoms with Crippen molar-refractivity contribution in [3.05, 3.63) is 36.4 Å². The smallest absolute Gasteiger partial charge is 0.409 e. The zero-order valence-corrected chi connectivity index (χ0v) is 31.7. The van der Waals surface area contributed by atoms with Gasteiger partial charge in [-0.3, -0.25) is 19.2 Å². The molecule has 1 aromatic rings. The molecule has 17 nitrogen and oxygen atoms in total. The van der Waals surface area contributed by atoms with Gasteiger partial charge in [0.25, 0.3) is 21.8 Å². The Morgan fingerprint density at radius 1 is 1.08 bits per heavy atom. The summed E-state index contributed by atoms with van der Waals surface area (Å²) in [4.78, 5) is 81.5. The van der Waals surface area contributed by atoms with E-state index in [2.05, 4.69) is 20.7 Å². The van der Waals surface area contributed by atoms with Crippen LogP contribution in [-0.4, -0.2) is 118 Å². The molecule has 0 unspecified atom stereocenters. The van der Waals surface area contributed by atoms with Crippen LogP contribution in [0.4, 0.5) is 9.59 Å². The summed E-state index contributed by atoms with van der Waals surface area (Å²) in [5, 5.41) is 7.76. The van der Waals surface area contributed by atoms with Gasteiger partial charge in [-0.2, -0.15) is 0 Å². The number of para-hydroxylation sites is 1. The Balaban J connectivity index is 1.65. The number of allylic oxidation sites excluding steroid dienone is 1. The number of ether oxygens (including phenoxy) is 3. The first-order valence-corrected chi connectivity index (χ1v) is 19.0. The minimum atomic E-state index is -4.59. The van der Waals surface area contributed by atoms with Crippen LogP contribution in [0.2, 0.25) is 0 Å². The van der Waals surface area contributed by atoms with E-state index in [1.165, 1.54) is 55.2 Å². The second kappa shape index (κ2) is 16.9. The van der Waals surface area contributed by atoms with Crippen LogP contribution in [0.25, 0.3) is 0 Å². The summed E-state index contributed by atoms with van der Waals surface area (Å²) in [5.74, 6) is -3.64. The minimum Gasteiger partial charge on any atom is -0.482 e. The number of hydrogen-bond acceptors (Lipinski definition) is 11. The van der Waals surface area contributed by atoms with E-state index in [0.717, 1.165) is 6.42 Å². The van der Waals surface area contributed by atoms with E-state index < -0.39 is 92.6 Å². The Labute approximate surface area is 309 Å². The minimum absolute atomic E-state index is 0.0634. The van der Waals surface area contributed by atoms with E-state index >= 15 is 0 Å². The molecule has 2 aliphatic heterocycles.